The summed E-state index contributed by atoms with van der Waals surface area (Å²) in [4.78, 5) is 21.8. The van der Waals surface area contributed by atoms with Gasteiger partial charge in [-0.25, -0.2) is 14.8 Å². The van der Waals surface area contributed by atoms with Gasteiger partial charge in [-0.3, -0.25) is 0 Å². The number of hydrogen-bond acceptors (Lipinski definition) is 7. The van der Waals surface area contributed by atoms with E-state index in [1.165, 1.54) is 17.6 Å². The van der Waals surface area contributed by atoms with E-state index in [1.807, 2.05) is 47.8 Å². The van der Waals surface area contributed by atoms with Gasteiger partial charge in [0.15, 0.2) is 5.69 Å². The van der Waals surface area contributed by atoms with Gasteiger partial charge in [0.05, 0.1) is 4.88 Å². The first-order valence-corrected chi connectivity index (χ1v) is 9.22. The Morgan fingerprint density at radius 1 is 1.08 bits per heavy atom. The first kappa shape index (κ1) is 15.7. The summed E-state index contributed by atoms with van der Waals surface area (Å²) in [6, 6.07) is 13.5. The zero-order chi connectivity index (χ0) is 17.1. The third-order valence-corrected chi connectivity index (χ3v) is 5.25. The number of nitrogens with zero attached hydrogens (tertiary/aromatic N) is 2. The van der Waals surface area contributed by atoms with Crippen molar-refractivity contribution in [1.82, 2.24) is 9.97 Å². The summed E-state index contributed by atoms with van der Waals surface area (Å²) in [5, 5.41) is 4.49. The second-order valence-corrected chi connectivity index (χ2v) is 6.91. The van der Waals surface area contributed by atoms with E-state index in [0.717, 1.165) is 15.4 Å². The van der Waals surface area contributed by atoms with Gasteiger partial charge in [-0.05, 0) is 23.6 Å². The number of ether oxygens (including phenoxy) is 1. The summed E-state index contributed by atoms with van der Waals surface area (Å²) < 4.78 is 10.7. The van der Waals surface area contributed by atoms with E-state index >= 15 is 0 Å². The number of hydrogen-bond donors (Lipinski definition) is 0. The Hall–Kier alpha value is -2.77. The van der Waals surface area contributed by atoms with Crippen LogP contribution in [0.3, 0.4) is 0 Å². The summed E-state index contributed by atoms with van der Waals surface area (Å²) >= 11 is 3.01. The number of benzene rings is 1. The largest absolute Gasteiger partial charge is 0.454 e. The Morgan fingerprint density at radius 3 is 2.76 bits per heavy atom. The fourth-order valence-electron chi connectivity index (χ4n) is 2.18. The van der Waals surface area contributed by atoms with E-state index in [2.05, 4.69) is 9.97 Å². The fraction of sp³-hybridized carbons (Fsp3) is 0.0556. The van der Waals surface area contributed by atoms with Crippen molar-refractivity contribution in [2.45, 2.75) is 6.61 Å². The van der Waals surface area contributed by atoms with Crippen LogP contribution in [-0.2, 0) is 11.3 Å². The van der Waals surface area contributed by atoms with Crippen LogP contribution in [0.15, 0.2) is 63.9 Å². The van der Waals surface area contributed by atoms with Crippen LogP contribution in [0.5, 0.6) is 0 Å². The van der Waals surface area contributed by atoms with Crippen molar-refractivity contribution in [3.63, 3.8) is 0 Å². The smallest absolute Gasteiger partial charge is 0.358 e. The molecule has 0 aliphatic carbocycles. The Labute approximate surface area is 151 Å². The van der Waals surface area contributed by atoms with E-state index in [1.54, 1.807) is 16.7 Å². The highest BCUT2D eigenvalue weighted by molar-refractivity contribution is 7.20. The Balaban J connectivity index is 1.40. The van der Waals surface area contributed by atoms with Crippen LogP contribution in [0, 0.1) is 0 Å². The molecule has 4 rings (SSSR count). The Kier molecular flexibility index (Phi) is 4.41. The SMILES string of the molecule is O=C(OCc1coc(-c2ccccc2)n1)c1csc(-c2cccs2)n1. The summed E-state index contributed by atoms with van der Waals surface area (Å²) in [6.45, 7) is 0.0427. The fourth-order valence-corrected chi connectivity index (χ4v) is 3.78. The third-order valence-electron chi connectivity index (χ3n) is 3.37. The van der Waals surface area contributed by atoms with Crippen molar-refractivity contribution in [1.29, 1.82) is 0 Å². The number of esters is 1. The lowest BCUT2D eigenvalue weighted by atomic mass is 10.2. The quantitative estimate of drug-likeness (QED) is 0.470. The van der Waals surface area contributed by atoms with Crippen LogP contribution < -0.4 is 0 Å². The highest BCUT2D eigenvalue weighted by Gasteiger charge is 2.15. The maximum atomic E-state index is 12.1. The molecule has 0 radical (unpaired) electrons. The number of thiazole rings is 1. The molecular formula is C18H12N2O3S2. The maximum Gasteiger partial charge on any atom is 0.358 e. The first-order chi connectivity index (χ1) is 12.3. The molecular weight excluding hydrogens is 356 g/mol. The van der Waals surface area contributed by atoms with Gasteiger partial charge >= 0.3 is 5.97 Å². The number of oxazole rings is 1. The molecule has 5 nitrogen and oxygen atoms in total. The number of carbonyl (C=O) groups is 1. The minimum Gasteiger partial charge on any atom is -0.454 e. The van der Waals surface area contributed by atoms with E-state index in [0.29, 0.717) is 17.3 Å². The van der Waals surface area contributed by atoms with E-state index in [4.69, 9.17) is 9.15 Å². The average Bonchev–Trinajstić information content (AvgIpc) is 3.41. The molecule has 0 fully saturated rings. The summed E-state index contributed by atoms with van der Waals surface area (Å²) in [7, 11) is 0. The van der Waals surface area contributed by atoms with Gasteiger partial charge in [0.1, 0.15) is 23.6 Å². The van der Waals surface area contributed by atoms with Crippen molar-refractivity contribution in [2.75, 3.05) is 0 Å². The Morgan fingerprint density at radius 2 is 1.96 bits per heavy atom. The van der Waals surface area contributed by atoms with Crippen molar-refractivity contribution in [3.05, 3.63) is 70.9 Å². The van der Waals surface area contributed by atoms with Crippen LogP contribution in [-0.4, -0.2) is 15.9 Å². The van der Waals surface area contributed by atoms with Gasteiger partial charge in [-0.15, -0.1) is 22.7 Å². The molecule has 124 valence electrons. The van der Waals surface area contributed by atoms with E-state index < -0.39 is 5.97 Å². The summed E-state index contributed by atoms with van der Waals surface area (Å²) in [5.41, 5.74) is 1.74. The zero-order valence-electron chi connectivity index (χ0n) is 12.9. The molecule has 0 aliphatic rings. The van der Waals surface area contributed by atoms with Crippen molar-refractivity contribution in [3.8, 4) is 21.3 Å². The number of thiophene rings is 1. The molecule has 4 aromatic rings. The predicted molar refractivity (Wildman–Crippen MR) is 96.5 cm³/mol. The molecule has 7 heteroatoms. The lowest BCUT2D eigenvalue weighted by molar-refractivity contribution is 0.0462. The maximum absolute atomic E-state index is 12.1. The second-order valence-electron chi connectivity index (χ2n) is 5.10. The molecule has 0 atom stereocenters. The van der Waals surface area contributed by atoms with Gasteiger partial charge in [0, 0.05) is 10.9 Å². The molecule has 1 aromatic carbocycles. The molecule has 0 saturated carbocycles. The molecule has 0 bridgehead atoms. The van der Waals surface area contributed by atoms with Crippen LogP contribution in [0.1, 0.15) is 16.2 Å². The van der Waals surface area contributed by atoms with Gasteiger partial charge in [-0.2, -0.15) is 0 Å². The van der Waals surface area contributed by atoms with E-state index in [9.17, 15) is 4.79 Å². The second kappa shape index (κ2) is 7.00. The normalized spacial score (nSPS) is 10.7. The lowest BCUT2D eigenvalue weighted by Crippen LogP contribution is -2.05. The van der Waals surface area contributed by atoms with Crippen LogP contribution >= 0.6 is 22.7 Å². The van der Waals surface area contributed by atoms with Crippen LogP contribution in [0.25, 0.3) is 21.3 Å². The van der Waals surface area contributed by atoms with Crippen LogP contribution in [0.2, 0.25) is 0 Å². The average molecular weight is 368 g/mol. The lowest BCUT2D eigenvalue weighted by Gasteiger charge is -1.99. The molecule has 3 aromatic heterocycles. The van der Waals surface area contributed by atoms with Gasteiger partial charge < -0.3 is 9.15 Å². The number of carbonyl (C=O) groups excluding carboxylic acids is 1. The minimum atomic E-state index is -0.469. The standard InChI is InChI=1S/C18H12N2O3S2/c21-18(14-11-25-17(20-14)15-7-4-8-24-15)23-10-13-9-22-16(19-13)12-5-2-1-3-6-12/h1-9,11H,10H2. The number of aromatic nitrogens is 2. The molecule has 0 aliphatic heterocycles. The zero-order valence-corrected chi connectivity index (χ0v) is 14.5. The Bertz CT molecular complexity index is 975. The third kappa shape index (κ3) is 3.52. The molecule has 0 saturated heterocycles. The molecule has 0 spiro atoms. The first-order valence-electron chi connectivity index (χ1n) is 7.46. The predicted octanol–water partition coefficient (Wildman–Crippen LogP) is 4.88. The monoisotopic (exact) mass is 368 g/mol. The minimum absolute atomic E-state index is 0.0427. The molecule has 0 unspecified atom stereocenters. The van der Waals surface area contributed by atoms with E-state index in [-0.39, 0.29) is 6.61 Å². The molecule has 0 amide bonds. The van der Waals surface area contributed by atoms with Gasteiger partial charge in [0.25, 0.3) is 0 Å². The molecule has 25 heavy (non-hydrogen) atoms. The van der Waals surface area contributed by atoms with Gasteiger partial charge in [-0.1, -0.05) is 24.3 Å². The van der Waals surface area contributed by atoms with Crippen molar-refractivity contribution in [2.24, 2.45) is 0 Å². The van der Waals surface area contributed by atoms with Crippen molar-refractivity contribution >= 4 is 28.6 Å². The highest BCUT2D eigenvalue weighted by atomic mass is 32.1. The van der Waals surface area contributed by atoms with Crippen LogP contribution in [0.4, 0.5) is 0 Å². The number of rotatable bonds is 5. The van der Waals surface area contributed by atoms with Gasteiger partial charge in [0.2, 0.25) is 5.89 Å². The topological polar surface area (TPSA) is 65.2 Å². The summed E-state index contributed by atoms with van der Waals surface area (Å²) in [5.74, 6) is 0.0311. The van der Waals surface area contributed by atoms with Crippen molar-refractivity contribution < 1.29 is 13.9 Å². The molecule has 0 N–H and O–H groups in total. The highest BCUT2D eigenvalue weighted by Crippen LogP contribution is 2.28. The molecule has 3 heterocycles. The summed E-state index contributed by atoms with van der Waals surface area (Å²) in [6.07, 6.45) is 1.49.